The minimum atomic E-state index is 0. The van der Waals surface area contributed by atoms with Gasteiger partial charge in [0.05, 0.1) is 6.54 Å². The third-order valence-electron chi connectivity index (χ3n) is 3.18. The molecule has 112 valence electrons. The van der Waals surface area contributed by atoms with Crippen molar-refractivity contribution < 1.29 is 0 Å². The summed E-state index contributed by atoms with van der Waals surface area (Å²) in [4.78, 5) is 5.92. The first-order chi connectivity index (χ1) is 9.31. The molecule has 1 fully saturated rings. The number of aliphatic imine (C=N–C) groups is 1. The van der Waals surface area contributed by atoms with E-state index in [2.05, 4.69) is 53.1 Å². The first-order valence-corrected chi connectivity index (χ1v) is 8.19. The zero-order chi connectivity index (χ0) is 13.5. The summed E-state index contributed by atoms with van der Waals surface area (Å²) < 4.78 is 0. The summed E-state index contributed by atoms with van der Waals surface area (Å²) in [5, 5.41) is 6.70. The third kappa shape index (κ3) is 6.35. The van der Waals surface area contributed by atoms with E-state index in [1.807, 2.05) is 0 Å². The highest BCUT2D eigenvalue weighted by Gasteiger charge is 2.20. The molecule has 2 rings (SSSR count). The van der Waals surface area contributed by atoms with E-state index in [1.54, 1.807) is 11.8 Å². The fourth-order valence-corrected chi connectivity index (χ4v) is 2.21. The van der Waals surface area contributed by atoms with E-state index in [4.69, 9.17) is 0 Å². The summed E-state index contributed by atoms with van der Waals surface area (Å²) in [5.74, 6) is 1.80. The van der Waals surface area contributed by atoms with Crippen LogP contribution in [0.1, 0.15) is 25.3 Å². The average Bonchev–Trinajstić information content (AvgIpc) is 3.26. The van der Waals surface area contributed by atoms with Crippen molar-refractivity contribution in [2.45, 2.75) is 31.2 Å². The van der Waals surface area contributed by atoms with Gasteiger partial charge < -0.3 is 10.6 Å². The molecule has 1 saturated carbocycles. The number of rotatable bonds is 6. The van der Waals surface area contributed by atoms with Crippen LogP contribution in [0.5, 0.6) is 0 Å². The fraction of sp³-hybridized carbons (Fsp3) is 0.533. The molecule has 1 aliphatic carbocycles. The molecule has 0 atom stereocenters. The Balaban J connectivity index is 0.00000200. The molecule has 1 aromatic rings. The number of nitrogens with zero attached hydrogens (tertiary/aromatic N) is 1. The monoisotopic (exact) mass is 405 g/mol. The van der Waals surface area contributed by atoms with Crippen LogP contribution in [0.4, 0.5) is 0 Å². The topological polar surface area (TPSA) is 36.4 Å². The third-order valence-corrected chi connectivity index (χ3v) is 3.92. The predicted octanol–water partition coefficient (Wildman–Crippen LogP) is 3.49. The molecule has 0 amide bonds. The van der Waals surface area contributed by atoms with Crippen LogP contribution in [0.25, 0.3) is 0 Å². The summed E-state index contributed by atoms with van der Waals surface area (Å²) in [7, 11) is 0. The highest BCUT2D eigenvalue weighted by molar-refractivity contribution is 14.0. The van der Waals surface area contributed by atoms with Crippen molar-refractivity contribution >= 4 is 41.7 Å². The molecule has 2 N–H and O–H groups in total. The summed E-state index contributed by atoms with van der Waals surface area (Å²) in [6.45, 7) is 4.79. The maximum Gasteiger partial charge on any atom is 0.191 e. The van der Waals surface area contributed by atoms with E-state index in [0.29, 0.717) is 0 Å². The van der Waals surface area contributed by atoms with Crippen molar-refractivity contribution in [2.24, 2.45) is 10.9 Å². The maximum atomic E-state index is 4.63. The van der Waals surface area contributed by atoms with E-state index >= 15 is 0 Å². The Morgan fingerprint density at radius 1 is 1.25 bits per heavy atom. The van der Waals surface area contributed by atoms with E-state index in [1.165, 1.54) is 23.3 Å². The van der Waals surface area contributed by atoms with Crippen molar-refractivity contribution in [3.63, 3.8) is 0 Å². The first kappa shape index (κ1) is 17.6. The van der Waals surface area contributed by atoms with Gasteiger partial charge in [-0.15, -0.1) is 35.7 Å². The second-order valence-corrected chi connectivity index (χ2v) is 5.75. The summed E-state index contributed by atoms with van der Waals surface area (Å²) in [6.07, 6.45) is 4.82. The lowest BCUT2D eigenvalue weighted by atomic mass is 10.2. The van der Waals surface area contributed by atoms with Gasteiger partial charge in [0.1, 0.15) is 0 Å². The van der Waals surface area contributed by atoms with Crippen LogP contribution < -0.4 is 10.6 Å². The van der Waals surface area contributed by atoms with Crippen LogP contribution in [0.15, 0.2) is 34.2 Å². The van der Waals surface area contributed by atoms with Gasteiger partial charge in [0.2, 0.25) is 0 Å². The summed E-state index contributed by atoms with van der Waals surface area (Å²) in [5.41, 5.74) is 1.25. The van der Waals surface area contributed by atoms with Gasteiger partial charge in [-0.1, -0.05) is 12.1 Å². The van der Waals surface area contributed by atoms with Crippen molar-refractivity contribution in [2.75, 3.05) is 19.3 Å². The van der Waals surface area contributed by atoms with Gasteiger partial charge in [0, 0.05) is 18.0 Å². The highest BCUT2D eigenvalue weighted by Crippen LogP contribution is 2.27. The van der Waals surface area contributed by atoms with Gasteiger partial charge in [-0.05, 0) is 49.6 Å². The second-order valence-electron chi connectivity index (χ2n) is 4.87. The van der Waals surface area contributed by atoms with E-state index in [0.717, 1.165) is 31.5 Å². The minimum Gasteiger partial charge on any atom is -0.357 e. The molecule has 1 aromatic carbocycles. The molecule has 3 nitrogen and oxygen atoms in total. The zero-order valence-electron chi connectivity index (χ0n) is 12.2. The smallest absolute Gasteiger partial charge is 0.191 e. The van der Waals surface area contributed by atoms with Crippen LogP contribution in [-0.2, 0) is 6.54 Å². The molecule has 0 radical (unpaired) electrons. The van der Waals surface area contributed by atoms with Crippen molar-refractivity contribution in [1.82, 2.24) is 10.6 Å². The van der Waals surface area contributed by atoms with Gasteiger partial charge in [0.25, 0.3) is 0 Å². The molecule has 5 heteroatoms. The molecule has 0 aromatic heterocycles. The largest absolute Gasteiger partial charge is 0.357 e. The number of halogens is 1. The molecule has 0 heterocycles. The second kappa shape index (κ2) is 9.50. The van der Waals surface area contributed by atoms with E-state index in [-0.39, 0.29) is 24.0 Å². The lowest BCUT2D eigenvalue weighted by Crippen LogP contribution is -2.38. The minimum absolute atomic E-state index is 0. The van der Waals surface area contributed by atoms with Crippen molar-refractivity contribution in [3.8, 4) is 0 Å². The lowest BCUT2D eigenvalue weighted by Gasteiger charge is -2.10. The Morgan fingerprint density at radius 3 is 2.50 bits per heavy atom. The van der Waals surface area contributed by atoms with Crippen molar-refractivity contribution in [1.29, 1.82) is 0 Å². The molecule has 0 saturated heterocycles. The number of hydrogen-bond acceptors (Lipinski definition) is 2. The van der Waals surface area contributed by atoms with Crippen LogP contribution in [0.2, 0.25) is 0 Å². The average molecular weight is 405 g/mol. The Labute approximate surface area is 143 Å². The Hall–Kier alpha value is -0.430. The Bertz CT molecular complexity index is 416. The molecule has 1 aliphatic rings. The zero-order valence-corrected chi connectivity index (χ0v) is 15.3. The van der Waals surface area contributed by atoms with Gasteiger partial charge >= 0.3 is 0 Å². The van der Waals surface area contributed by atoms with Crippen LogP contribution in [0.3, 0.4) is 0 Å². The summed E-state index contributed by atoms with van der Waals surface area (Å²) >= 11 is 1.77. The van der Waals surface area contributed by atoms with E-state index < -0.39 is 0 Å². The lowest BCUT2D eigenvalue weighted by molar-refractivity contribution is 0.739. The van der Waals surface area contributed by atoms with Crippen LogP contribution in [0, 0.1) is 5.92 Å². The predicted molar refractivity (Wildman–Crippen MR) is 99.2 cm³/mol. The quantitative estimate of drug-likeness (QED) is 0.329. The Kier molecular flexibility index (Phi) is 8.37. The fourth-order valence-electron chi connectivity index (χ4n) is 1.81. The van der Waals surface area contributed by atoms with Gasteiger partial charge in [0.15, 0.2) is 5.96 Å². The normalized spacial score (nSPS) is 14.6. The number of benzene rings is 1. The van der Waals surface area contributed by atoms with E-state index in [9.17, 15) is 0 Å². The molecule has 0 bridgehead atoms. The van der Waals surface area contributed by atoms with Gasteiger partial charge in [-0.3, -0.25) is 0 Å². The molecule has 0 aliphatic heterocycles. The van der Waals surface area contributed by atoms with Crippen molar-refractivity contribution in [3.05, 3.63) is 29.8 Å². The number of nitrogens with one attached hydrogen (secondary N) is 2. The number of hydrogen-bond donors (Lipinski definition) is 2. The van der Waals surface area contributed by atoms with Crippen LogP contribution in [-0.4, -0.2) is 25.3 Å². The summed E-state index contributed by atoms with van der Waals surface area (Å²) in [6, 6.07) is 8.61. The molecular weight excluding hydrogens is 381 g/mol. The maximum absolute atomic E-state index is 4.63. The Morgan fingerprint density at radius 2 is 1.95 bits per heavy atom. The first-order valence-electron chi connectivity index (χ1n) is 6.97. The SMILES string of the molecule is CCNC(=NCc1ccc(SC)cc1)NCC1CC1.I. The molecule has 0 spiro atoms. The van der Waals surface area contributed by atoms with Crippen LogP contribution >= 0.6 is 35.7 Å². The highest BCUT2D eigenvalue weighted by atomic mass is 127. The molecule has 0 unspecified atom stereocenters. The van der Waals surface area contributed by atoms with Gasteiger partial charge in [-0.25, -0.2) is 4.99 Å². The molecular formula is C15H24IN3S. The number of thioether (sulfide) groups is 1. The van der Waals surface area contributed by atoms with Gasteiger partial charge in [-0.2, -0.15) is 0 Å². The standard InChI is InChI=1S/C15H23N3S.HI/c1-3-16-15(17-10-12-4-5-12)18-11-13-6-8-14(19-2)9-7-13;/h6-9,12H,3-5,10-11H2,1-2H3,(H2,16,17,18);1H. The number of guanidine groups is 1. The molecule has 20 heavy (non-hydrogen) atoms.